The van der Waals surface area contributed by atoms with Crippen molar-refractivity contribution in [2.24, 2.45) is 13.0 Å². The molecular weight excluding hydrogens is 578 g/mol. The Labute approximate surface area is 261 Å². The highest BCUT2D eigenvalue weighted by Gasteiger charge is 2.41. The Hall–Kier alpha value is -4.23. The Morgan fingerprint density at radius 1 is 1.07 bits per heavy atom. The molecule has 0 saturated carbocycles. The SMILES string of the molecule is CCO[C@@H]1OC(C(=O)NCc2nc3ccccc3[nH]2)=C[C@H](c2c(C)n(C)n(-c3ccccc3)c2=O)[C@H]1CCOCCOCCO. The van der Waals surface area contributed by atoms with E-state index >= 15 is 0 Å². The van der Waals surface area contributed by atoms with Crippen molar-refractivity contribution in [1.29, 1.82) is 0 Å². The first-order valence-electron chi connectivity index (χ1n) is 15.2. The largest absolute Gasteiger partial charge is 0.459 e. The van der Waals surface area contributed by atoms with E-state index < -0.39 is 18.1 Å². The maximum Gasteiger partial charge on any atom is 0.286 e. The topological polar surface area (TPSA) is 142 Å². The minimum atomic E-state index is -0.796. The van der Waals surface area contributed by atoms with E-state index in [-0.39, 0.29) is 37.0 Å². The number of para-hydroxylation sites is 3. The molecule has 45 heavy (non-hydrogen) atoms. The van der Waals surface area contributed by atoms with Crippen LogP contribution in [0.4, 0.5) is 0 Å². The number of aliphatic hydroxyl groups is 1. The maximum atomic E-state index is 14.1. The van der Waals surface area contributed by atoms with Gasteiger partial charge in [0, 0.05) is 43.4 Å². The number of carbonyl (C=O) groups is 1. The molecule has 12 nitrogen and oxygen atoms in total. The molecule has 0 saturated heterocycles. The average molecular weight is 620 g/mol. The number of ether oxygens (including phenoxy) is 4. The molecule has 0 spiro atoms. The van der Waals surface area contributed by atoms with Gasteiger partial charge in [0.2, 0.25) is 6.29 Å². The van der Waals surface area contributed by atoms with Crippen molar-refractivity contribution in [3.05, 3.63) is 93.9 Å². The van der Waals surface area contributed by atoms with Gasteiger partial charge in [0.05, 0.1) is 49.7 Å². The minimum Gasteiger partial charge on any atom is -0.459 e. The zero-order valence-corrected chi connectivity index (χ0v) is 25.9. The lowest BCUT2D eigenvalue weighted by Crippen LogP contribution is -2.40. The third-order valence-corrected chi connectivity index (χ3v) is 7.93. The summed E-state index contributed by atoms with van der Waals surface area (Å²) in [6.45, 7) is 5.55. The predicted molar refractivity (Wildman–Crippen MR) is 168 cm³/mol. The number of imidazole rings is 1. The number of allylic oxidation sites excluding steroid dienone is 1. The summed E-state index contributed by atoms with van der Waals surface area (Å²) in [5.74, 6) is -0.564. The van der Waals surface area contributed by atoms with Crippen molar-refractivity contribution in [2.75, 3.05) is 39.6 Å². The highest BCUT2D eigenvalue weighted by Crippen LogP contribution is 2.39. The summed E-state index contributed by atoms with van der Waals surface area (Å²) in [6.07, 6.45) is 1.44. The minimum absolute atomic E-state index is 0.0470. The maximum absolute atomic E-state index is 14.1. The lowest BCUT2D eigenvalue weighted by Gasteiger charge is -2.36. The van der Waals surface area contributed by atoms with Crippen LogP contribution in [0.5, 0.6) is 0 Å². The standard InChI is InChI=1S/C33H41N5O7/c1-4-44-33-24(14-16-42-18-19-43-17-15-39)25(30-22(2)37(3)38(32(30)41)23-10-6-5-7-11-23)20-28(45-33)31(40)34-21-29-35-26-12-8-9-13-27(26)36-29/h5-13,20,24-25,33,39H,4,14-19,21H2,1-3H3,(H,34,40)(H,35,36)/t24-,25+,33-/m1/s1. The quantitative estimate of drug-likeness (QED) is 0.173. The average Bonchev–Trinajstić information content (AvgIpc) is 3.57. The molecule has 3 N–H and O–H groups in total. The molecule has 240 valence electrons. The van der Waals surface area contributed by atoms with Crippen LogP contribution in [-0.2, 0) is 37.3 Å². The molecule has 1 aliphatic heterocycles. The number of hydrogen-bond acceptors (Lipinski definition) is 8. The number of aliphatic hydroxyl groups excluding tert-OH is 1. The van der Waals surface area contributed by atoms with E-state index in [0.29, 0.717) is 44.2 Å². The Balaban J connectivity index is 1.44. The molecule has 2 aromatic heterocycles. The van der Waals surface area contributed by atoms with Gasteiger partial charge in [-0.25, -0.2) is 9.67 Å². The Kier molecular flexibility index (Phi) is 10.8. The van der Waals surface area contributed by atoms with Gasteiger partial charge in [0.15, 0.2) is 5.76 Å². The number of amides is 1. The lowest BCUT2D eigenvalue weighted by molar-refractivity contribution is -0.168. The van der Waals surface area contributed by atoms with Crippen LogP contribution in [0.15, 0.2) is 71.2 Å². The monoisotopic (exact) mass is 619 g/mol. The molecule has 0 aliphatic carbocycles. The summed E-state index contributed by atoms with van der Waals surface area (Å²) in [6, 6.07) is 17.1. The first kappa shape index (κ1) is 32.2. The molecule has 0 radical (unpaired) electrons. The van der Waals surface area contributed by atoms with Gasteiger partial charge in [0.25, 0.3) is 11.5 Å². The fraction of sp³-hybridized carbons (Fsp3) is 0.424. The summed E-state index contributed by atoms with van der Waals surface area (Å²) in [5.41, 5.74) is 3.59. The van der Waals surface area contributed by atoms with Gasteiger partial charge in [-0.05, 0) is 50.6 Å². The van der Waals surface area contributed by atoms with E-state index in [9.17, 15) is 9.59 Å². The number of H-pyrrole nitrogens is 1. The molecule has 0 unspecified atom stereocenters. The molecule has 12 heteroatoms. The number of nitrogens with one attached hydrogen (secondary N) is 2. The van der Waals surface area contributed by atoms with Gasteiger partial charge in [-0.1, -0.05) is 30.3 Å². The van der Waals surface area contributed by atoms with Gasteiger partial charge in [0.1, 0.15) is 5.82 Å². The van der Waals surface area contributed by atoms with Crippen LogP contribution in [0, 0.1) is 12.8 Å². The van der Waals surface area contributed by atoms with Crippen molar-refractivity contribution in [3.63, 3.8) is 0 Å². The first-order valence-corrected chi connectivity index (χ1v) is 15.2. The van der Waals surface area contributed by atoms with Crippen molar-refractivity contribution < 1.29 is 28.8 Å². The molecule has 0 bridgehead atoms. The fourth-order valence-corrected chi connectivity index (χ4v) is 5.69. The Morgan fingerprint density at radius 2 is 1.80 bits per heavy atom. The van der Waals surface area contributed by atoms with Crippen molar-refractivity contribution in [1.82, 2.24) is 24.6 Å². The summed E-state index contributed by atoms with van der Waals surface area (Å²) in [7, 11) is 1.85. The summed E-state index contributed by atoms with van der Waals surface area (Å²) >= 11 is 0. The molecular formula is C33H41N5O7. The first-order chi connectivity index (χ1) is 21.9. The highest BCUT2D eigenvalue weighted by atomic mass is 16.7. The Bertz CT molecular complexity index is 1630. The van der Waals surface area contributed by atoms with E-state index in [4.69, 9.17) is 24.1 Å². The normalized spacial score (nSPS) is 18.1. The third kappa shape index (κ3) is 7.36. The van der Waals surface area contributed by atoms with Gasteiger partial charge < -0.3 is 34.4 Å². The molecule has 0 fully saturated rings. The molecule has 2 aromatic carbocycles. The second-order valence-corrected chi connectivity index (χ2v) is 10.8. The van der Waals surface area contributed by atoms with Gasteiger partial charge >= 0.3 is 0 Å². The second kappa shape index (κ2) is 15.2. The third-order valence-electron chi connectivity index (χ3n) is 7.93. The van der Waals surface area contributed by atoms with Crippen LogP contribution in [-0.4, -0.2) is 76.3 Å². The van der Waals surface area contributed by atoms with E-state index in [1.54, 1.807) is 10.8 Å². The van der Waals surface area contributed by atoms with Gasteiger partial charge in [-0.15, -0.1) is 0 Å². The molecule has 3 atom stereocenters. The molecule has 1 aliphatic rings. The smallest absolute Gasteiger partial charge is 0.286 e. The van der Waals surface area contributed by atoms with Crippen molar-refractivity contribution in [2.45, 2.75) is 39.0 Å². The molecule has 3 heterocycles. The number of hydrogen-bond donors (Lipinski definition) is 3. The number of aromatic amines is 1. The van der Waals surface area contributed by atoms with Crippen LogP contribution < -0.4 is 10.9 Å². The number of nitrogens with zero attached hydrogens (tertiary/aromatic N) is 3. The van der Waals surface area contributed by atoms with Crippen LogP contribution >= 0.6 is 0 Å². The second-order valence-electron chi connectivity index (χ2n) is 10.8. The predicted octanol–water partition coefficient (Wildman–Crippen LogP) is 3.07. The van der Waals surface area contributed by atoms with E-state index in [1.807, 2.05) is 80.2 Å². The Morgan fingerprint density at radius 3 is 2.53 bits per heavy atom. The number of fused-ring (bicyclic) bond motifs is 1. The lowest BCUT2D eigenvalue weighted by atomic mass is 9.81. The summed E-state index contributed by atoms with van der Waals surface area (Å²) in [5, 5.41) is 11.8. The van der Waals surface area contributed by atoms with E-state index in [1.165, 1.54) is 0 Å². The fourth-order valence-electron chi connectivity index (χ4n) is 5.69. The van der Waals surface area contributed by atoms with E-state index in [0.717, 1.165) is 22.4 Å². The number of carbonyl (C=O) groups excluding carboxylic acids is 1. The summed E-state index contributed by atoms with van der Waals surface area (Å²) in [4.78, 5) is 35.4. The van der Waals surface area contributed by atoms with Gasteiger partial charge in [-0.2, -0.15) is 0 Å². The highest BCUT2D eigenvalue weighted by molar-refractivity contribution is 5.91. The zero-order chi connectivity index (χ0) is 31.8. The molecule has 1 amide bonds. The number of benzene rings is 2. The van der Waals surface area contributed by atoms with Crippen LogP contribution in [0.25, 0.3) is 16.7 Å². The number of aromatic nitrogens is 4. The zero-order valence-electron chi connectivity index (χ0n) is 25.9. The van der Waals surface area contributed by atoms with Crippen LogP contribution in [0.3, 0.4) is 0 Å². The van der Waals surface area contributed by atoms with E-state index in [2.05, 4.69) is 15.3 Å². The van der Waals surface area contributed by atoms with Crippen molar-refractivity contribution >= 4 is 16.9 Å². The number of rotatable bonds is 15. The molecule has 5 rings (SSSR count). The van der Waals surface area contributed by atoms with Gasteiger partial charge in [-0.3, -0.25) is 14.3 Å². The van der Waals surface area contributed by atoms with Crippen LogP contribution in [0.2, 0.25) is 0 Å². The molecule has 4 aromatic rings. The summed E-state index contributed by atoms with van der Waals surface area (Å²) < 4.78 is 26.8. The van der Waals surface area contributed by atoms with Crippen molar-refractivity contribution in [3.8, 4) is 5.69 Å². The van der Waals surface area contributed by atoms with Crippen LogP contribution in [0.1, 0.15) is 36.3 Å².